The molecule has 0 fully saturated rings. The van der Waals surface area contributed by atoms with Gasteiger partial charge >= 0.3 is 5.69 Å². The summed E-state index contributed by atoms with van der Waals surface area (Å²) < 4.78 is 5.33. The van der Waals surface area contributed by atoms with E-state index in [1.165, 1.54) is 0 Å². The maximum atomic E-state index is 11.2. The molecule has 0 aromatic heterocycles. The highest BCUT2D eigenvalue weighted by atomic mass is 16.6. The molecule has 1 rings (SSSR count). The molecule has 0 aliphatic carbocycles. The first-order valence-corrected chi connectivity index (χ1v) is 7.50. The van der Waals surface area contributed by atoms with Gasteiger partial charge in [0.15, 0.2) is 5.75 Å². The van der Waals surface area contributed by atoms with Crippen LogP contribution < -0.4 is 10.1 Å². The average molecular weight is 295 g/mol. The van der Waals surface area contributed by atoms with Gasteiger partial charge in [0, 0.05) is 13.1 Å². The second-order valence-electron chi connectivity index (χ2n) is 4.70. The Balaban J connectivity index is 2.74. The van der Waals surface area contributed by atoms with Crippen molar-refractivity contribution in [2.45, 2.75) is 27.2 Å². The van der Waals surface area contributed by atoms with Crippen molar-refractivity contribution in [3.8, 4) is 5.75 Å². The molecule has 0 atom stereocenters. The molecule has 21 heavy (non-hydrogen) atoms. The van der Waals surface area contributed by atoms with E-state index >= 15 is 0 Å². The molecule has 6 nitrogen and oxygen atoms in total. The van der Waals surface area contributed by atoms with Gasteiger partial charge in [-0.05, 0) is 38.6 Å². The highest BCUT2D eigenvalue weighted by Crippen LogP contribution is 2.34. The topological polar surface area (TPSA) is 67.6 Å². The lowest BCUT2D eigenvalue weighted by Gasteiger charge is -2.20. The normalized spacial score (nSPS) is 10.7. The van der Waals surface area contributed by atoms with Gasteiger partial charge in [-0.3, -0.25) is 10.1 Å². The monoisotopic (exact) mass is 295 g/mol. The Bertz CT molecular complexity index is 452. The highest BCUT2D eigenvalue weighted by molar-refractivity contribution is 5.68. The zero-order chi connectivity index (χ0) is 15.7. The summed E-state index contributed by atoms with van der Waals surface area (Å²) in [7, 11) is 0. The third-order valence-electron chi connectivity index (χ3n) is 3.21. The van der Waals surface area contributed by atoms with Crippen molar-refractivity contribution in [2.24, 2.45) is 0 Å². The summed E-state index contributed by atoms with van der Waals surface area (Å²) >= 11 is 0. The molecule has 0 aliphatic heterocycles. The molecule has 1 aromatic rings. The van der Waals surface area contributed by atoms with E-state index in [1.54, 1.807) is 18.2 Å². The van der Waals surface area contributed by atoms with Gasteiger partial charge in [0.25, 0.3) is 0 Å². The largest absolute Gasteiger partial charge is 0.487 e. The molecule has 0 bridgehead atoms. The Morgan fingerprint density at radius 2 is 2.05 bits per heavy atom. The highest BCUT2D eigenvalue weighted by Gasteiger charge is 2.20. The second-order valence-corrected chi connectivity index (χ2v) is 4.70. The van der Waals surface area contributed by atoms with Crippen molar-refractivity contribution in [2.75, 3.05) is 38.1 Å². The van der Waals surface area contributed by atoms with E-state index < -0.39 is 4.92 Å². The van der Waals surface area contributed by atoms with Crippen LogP contribution in [0.25, 0.3) is 0 Å². The number of nitrogens with one attached hydrogen (secondary N) is 1. The van der Waals surface area contributed by atoms with E-state index in [1.807, 2.05) is 6.92 Å². The zero-order valence-electron chi connectivity index (χ0n) is 13.1. The number of para-hydroxylation sites is 1. The maximum Gasteiger partial charge on any atom is 0.333 e. The van der Waals surface area contributed by atoms with Gasteiger partial charge in [0.2, 0.25) is 0 Å². The molecule has 0 radical (unpaired) electrons. The third kappa shape index (κ3) is 5.23. The Labute approximate surface area is 126 Å². The molecule has 1 aromatic carbocycles. The first-order chi connectivity index (χ1) is 10.1. The zero-order valence-corrected chi connectivity index (χ0v) is 13.1. The lowest BCUT2D eigenvalue weighted by atomic mass is 10.2. The van der Waals surface area contributed by atoms with Crippen LogP contribution in [0.5, 0.6) is 5.75 Å². The molecular weight excluding hydrogens is 270 g/mol. The SMILES string of the molecule is CCCN(CC)CCNc1cccc(OCC)c1[N+](=O)[O-]. The smallest absolute Gasteiger partial charge is 0.333 e. The van der Waals surface area contributed by atoms with Crippen LogP contribution in [0.4, 0.5) is 11.4 Å². The number of nitrogens with zero attached hydrogens (tertiary/aromatic N) is 2. The molecule has 0 amide bonds. The molecule has 0 heterocycles. The number of hydrogen-bond donors (Lipinski definition) is 1. The standard InChI is InChI=1S/C15H25N3O3/c1-4-11-17(5-2)12-10-16-13-8-7-9-14(21-6-3)15(13)18(19)20/h7-9,16H,4-6,10-12H2,1-3H3. The van der Waals surface area contributed by atoms with Crippen LogP contribution in [0.15, 0.2) is 18.2 Å². The Hall–Kier alpha value is -1.82. The fraction of sp³-hybridized carbons (Fsp3) is 0.600. The Kier molecular flexibility index (Phi) is 7.53. The molecule has 0 unspecified atom stereocenters. The summed E-state index contributed by atoms with van der Waals surface area (Å²) in [6.07, 6.45) is 1.10. The number of nitro groups is 1. The minimum absolute atomic E-state index is 0.0119. The molecule has 118 valence electrons. The summed E-state index contributed by atoms with van der Waals surface area (Å²) in [6, 6.07) is 5.11. The van der Waals surface area contributed by atoms with Gasteiger partial charge in [-0.1, -0.05) is 19.9 Å². The summed E-state index contributed by atoms with van der Waals surface area (Å²) in [4.78, 5) is 13.2. The van der Waals surface area contributed by atoms with E-state index in [9.17, 15) is 10.1 Å². The van der Waals surface area contributed by atoms with Crippen LogP contribution in [0.3, 0.4) is 0 Å². The molecule has 1 N–H and O–H groups in total. The van der Waals surface area contributed by atoms with Crippen molar-refractivity contribution >= 4 is 11.4 Å². The molecule has 6 heteroatoms. The van der Waals surface area contributed by atoms with Gasteiger partial charge in [-0.15, -0.1) is 0 Å². The minimum Gasteiger partial charge on any atom is -0.487 e. The molecular formula is C15H25N3O3. The Morgan fingerprint density at radius 1 is 1.29 bits per heavy atom. The van der Waals surface area contributed by atoms with Gasteiger partial charge in [-0.25, -0.2) is 0 Å². The van der Waals surface area contributed by atoms with E-state index in [-0.39, 0.29) is 5.69 Å². The van der Waals surface area contributed by atoms with Crippen LogP contribution >= 0.6 is 0 Å². The van der Waals surface area contributed by atoms with Crippen LogP contribution in [0.1, 0.15) is 27.2 Å². The predicted octanol–water partition coefficient (Wildman–Crippen LogP) is 3.14. The predicted molar refractivity (Wildman–Crippen MR) is 85.2 cm³/mol. The van der Waals surface area contributed by atoms with Crippen molar-refractivity contribution in [3.05, 3.63) is 28.3 Å². The number of rotatable bonds is 10. The van der Waals surface area contributed by atoms with Crippen LogP contribution in [-0.2, 0) is 0 Å². The number of benzene rings is 1. The van der Waals surface area contributed by atoms with E-state index in [0.29, 0.717) is 24.6 Å². The summed E-state index contributed by atoms with van der Waals surface area (Å²) in [5.41, 5.74) is 0.524. The number of hydrogen-bond acceptors (Lipinski definition) is 5. The maximum absolute atomic E-state index is 11.2. The molecule has 0 aliphatic rings. The van der Waals surface area contributed by atoms with Crippen molar-refractivity contribution < 1.29 is 9.66 Å². The van der Waals surface area contributed by atoms with E-state index in [0.717, 1.165) is 26.1 Å². The lowest BCUT2D eigenvalue weighted by molar-refractivity contribution is -0.384. The number of nitro benzene ring substituents is 1. The first-order valence-electron chi connectivity index (χ1n) is 7.50. The summed E-state index contributed by atoms with van der Waals surface area (Å²) in [5, 5.41) is 14.4. The summed E-state index contributed by atoms with van der Waals surface area (Å²) in [6.45, 7) is 10.0. The van der Waals surface area contributed by atoms with Gasteiger partial charge in [0.05, 0.1) is 11.5 Å². The number of ether oxygens (including phenoxy) is 1. The fourth-order valence-corrected chi connectivity index (χ4v) is 2.22. The Morgan fingerprint density at radius 3 is 2.62 bits per heavy atom. The van der Waals surface area contributed by atoms with Gasteiger partial charge < -0.3 is 15.0 Å². The van der Waals surface area contributed by atoms with E-state index in [2.05, 4.69) is 24.1 Å². The van der Waals surface area contributed by atoms with Gasteiger partial charge in [-0.2, -0.15) is 0 Å². The minimum atomic E-state index is -0.392. The van der Waals surface area contributed by atoms with Crippen LogP contribution in [0, 0.1) is 10.1 Å². The third-order valence-corrected chi connectivity index (χ3v) is 3.21. The quantitative estimate of drug-likeness (QED) is 0.530. The number of likely N-dealkylation sites (N-methyl/N-ethyl adjacent to an activating group) is 1. The van der Waals surface area contributed by atoms with Crippen LogP contribution in [-0.4, -0.2) is 42.6 Å². The molecule has 0 saturated heterocycles. The van der Waals surface area contributed by atoms with Gasteiger partial charge in [0.1, 0.15) is 5.69 Å². The lowest BCUT2D eigenvalue weighted by Crippen LogP contribution is -2.29. The molecule has 0 saturated carbocycles. The van der Waals surface area contributed by atoms with Crippen molar-refractivity contribution in [1.82, 2.24) is 4.90 Å². The first kappa shape index (κ1) is 17.2. The van der Waals surface area contributed by atoms with Crippen molar-refractivity contribution in [1.29, 1.82) is 0 Å². The average Bonchev–Trinajstić information content (AvgIpc) is 2.46. The summed E-state index contributed by atoms with van der Waals surface area (Å²) in [5.74, 6) is 0.313. The molecule has 0 spiro atoms. The van der Waals surface area contributed by atoms with Crippen LogP contribution in [0.2, 0.25) is 0 Å². The number of anilines is 1. The fourth-order valence-electron chi connectivity index (χ4n) is 2.22. The van der Waals surface area contributed by atoms with E-state index in [4.69, 9.17) is 4.74 Å². The second kappa shape index (κ2) is 9.18. The van der Waals surface area contributed by atoms with Crippen molar-refractivity contribution in [3.63, 3.8) is 0 Å².